The smallest absolute Gasteiger partial charge is 0.296 e. The Morgan fingerprint density at radius 1 is 1.19 bits per heavy atom. The molecule has 0 aromatic heterocycles. The predicted octanol–water partition coefficient (Wildman–Crippen LogP) is 2.69. The molecule has 1 unspecified atom stereocenters. The predicted molar refractivity (Wildman–Crippen MR) is 80.3 cm³/mol. The van der Waals surface area contributed by atoms with Crippen molar-refractivity contribution in [2.24, 2.45) is 5.92 Å². The first-order chi connectivity index (χ1) is 9.94. The van der Waals surface area contributed by atoms with E-state index in [1.54, 1.807) is 13.2 Å². The van der Waals surface area contributed by atoms with Crippen molar-refractivity contribution in [2.45, 2.75) is 19.9 Å². The van der Waals surface area contributed by atoms with Crippen molar-refractivity contribution in [3.63, 3.8) is 0 Å². The summed E-state index contributed by atoms with van der Waals surface area (Å²) in [7, 11) is 4.53. The second-order valence-electron chi connectivity index (χ2n) is 4.93. The average Bonchev–Trinajstić information content (AvgIpc) is 2.45. The monoisotopic (exact) mass is 298 g/mol. The molecular weight excluding hydrogens is 276 g/mol. The number of nitrogens with zero attached hydrogens (tertiary/aromatic N) is 1. The van der Waals surface area contributed by atoms with Gasteiger partial charge in [-0.15, -0.1) is 0 Å². The van der Waals surface area contributed by atoms with Gasteiger partial charge in [-0.1, -0.05) is 13.8 Å². The molecule has 0 saturated heterocycles. The molecule has 0 heterocycles. The minimum absolute atomic E-state index is 0.0493. The maximum Gasteiger partial charge on any atom is 0.296 e. The third-order valence-electron chi connectivity index (χ3n) is 3.19. The number of benzene rings is 1. The number of hydrogen-bond donors (Lipinski definition) is 1. The third kappa shape index (κ3) is 4.22. The Morgan fingerprint density at radius 2 is 1.76 bits per heavy atom. The van der Waals surface area contributed by atoms with Crippen LogP contribution in [0.3, 0.4) is 0 Å². The van der Waals surface area contributed by atoms with Crippen LogP contribution in [0.15, 0.2) is 12.1 Å². The Kier molecular flexibility index (Phi) is 6.23. The van der Waals surface area contributed by atoms with Crippen molar-refractivity contribution in [1.29, 1.82) is 0 Å². The fourth-order valence-corrected chi connectivity index (χ4v) is 1.91. The molecule has 7 nitrogen and oxygen atoms in total. The van der Waals surface area contributed by atoms with Gasteiger partial charge < -0.3 is 19.5 Å². The normalized spacial score (nSPS) is 12.1. The minimum atomic E-state index is -0.450. The molecule has 7 heteroatoms. The summed E-state index contributed by atoms with van der Waals surface area (Å²) in [6.45, 7) is 4.48. The number of anilines is 1. The fraction of sp³-hybridized carbons (Fsp3) is 0.571. The van der Waals surface area contributed by atoms with Crippen molar-refractivity contribution >= 4 is 11.4 Å². The SMILES string of the molecule is COCC(Nc1cc(OC)c(OC)cc1[N+](=O)[O-])C(C)C. The number of nitro groups is 1. The maximum absolute atomic E-state index is 11.2. The molecule has 0 aliphatic rings. The van der Waals surface area contributed by atoms with Gasteiger partial charge in [-0.2, -0.15) is 0 Å². The van der Waals surface area contributed by atoms with E-state index in [0.29, 0.717) is 23.8 Å². The first-order valence-electron chi connectivity index (χ1n) is 6.60. The maximum atomic E-state index is 11.2. The number of nitro benzene ring substituents is 1. The van der Waals surface area contributed by atoms with Gasteiger partial charge >= 0.3 is 0 Å². The largest absolute Gasteiger partial charge is 0.493 e. The van der Waals surface area contributed by atoms with Crippen molar-refractivity contribution < 1.29 is 19.1 Å². The first-order valence-corrected chi connectivity index (χ1v) is 6.60. The molecule has 1 atom stereocenters. The van der Waals surface area contributed by atoms with Gasteiger partial charge in [0.1, 0.15) is 5.69 Å². The van der Waals surface area contributed by atoms with Crippen LogP contribution in [-0.4, -0.2) is 38.9 Å². The summed E-state index contributed by atoms with van der Waals surface area (Å²) in [6.07, 6.45) is 0. The Balaban J connectivity index is 3.22. The molecule has 1 rings (SSSR count). The number of hydrogen-bond acceptors (Lipinski definition) is 6. The van der Waals surface area contributed by atoms with Crippen LogP contribution in [0.4, 0.5) is 11.4 Å². The highest BCUT2D eigenvalue weighted by Gasteiger charge is 2.23. The zero-order valence-corrected chi connectivity index (χ0v) is 13.0. The van der Waals surface area contributed by atoms with Crippen LogP contribution in [-0.2, 0) is 4.74 Å². The molecule has 118 valence electrons. The zero-order chi connectivity index (χ0) is 16.0. The Hall–Kier alpha value is -2.02. The summed E-state index contributed by atoms with van der Waals surface area (Å²) in [5.41, 5.74) is 0.322. The van der Waals surface area contributed by atoms with Crippen LogP contribution in [0.5, 0.6) is 11.5 Å². The van der Waals surface area contributed by atoms with Crippen molar-refractivity contribution in [1.82, 2.24) is 0 Å². The number of nitrogens with one attached hydrogen (secondary N) is 1. The van der Waals surface area contributed by atoms with Crippen LogP contribution < -0.4 is 14.8 Å². The molecule has 0 radical (unpaired) electrons. The van der Waals surface area contributed by atoms with E-state index in [0.717, 1.165) is 0 Å². The number of ether oxygens (including phenoxy) is 3. The van der Waals surface area contributed by atoms with E-state index in [1.165, 1.54) is 20.3 Å². The summed E-state index contributed by atoms with van der Waals surface area (Å²) >= 11 is 0. The lowest BCUT2D eigenvalue weighted by Crippen LogP contribution is -2.30. The van der Waals surface area contributed by atoms with Gasteiger partial charge in [0.05, 0.1) is 37.9 Å². The molecule has 0 spiro atoms. The quantitative estimate of drug-likeness (QED) is 0.587. The molecule has 1 N–H and O–H groups in total. The fourth-order valence-electron chi connectivity index (χ4n) is 1.91. The molecule has 21 heavy (non-hydrogen) atoms. The van der Waals surface area contributed by atoms with Gasteiger partial charge in [-0.3, -0.25) is 10.1 Å². The van der Waals surface area contributed by atoms with E-state index < -0.39 is 4.92 Å². The second kappa shape index (κ2) is 7.68. The van der Waals surface area contributed by atoms with E-state index >= 15 is 0 Å². The summed E-state index contributed by atoms with van der Waals surface area (Å²) < 4.78 is 15.4. The zero-order valence-electron chi connectivity index (χ0n) is 13.0. The van der Waals surface area contributed by atoms with Gasteiger partial charge in [-0.05, 0) is 5.92 Å². The van der Waals surface area contributed by atoms with Crippen LogP contribution in [0, 0.1) is 16.0 Å². The molecule has 1 aromatic carbocycles. The van der Waals surface area contributed by atoms with Gasteiger partial charge in [0, 0.05) is 13.2 Å². The summed E-state index contributed by atoms with van der Waals surface area (Å²) in [6, 6.07) is 2.87. The Bertz CT molecular complexity index is 490. The average molecular weight is 298 g/mol. The molecule has 0 fully saturated rings. The Labute approximate surface area is 124 Å². The lowest BCUT2D eigenvalue weighted by molar-refractivity contribution is -0.384. The molecule has 0 saturated carbocycles. The highest BCUT2D eigenvalue weighted by Crippen LogP contribution is 2.38. The lowest BCUT2D eigenvalue weighted by atomic mass is 10.0. The topological polar surface area (TPSA) is 82.9 Å². The first kappa shape index (κ1) is 17.0. The molecule has 1 aromatic rings. The Morgan fingerprint density at radius 3 is 2.19 bits per heavy atom. The van der Waals surface area contributed by atoms with E-state index in [9.17, 15) is 10.1 Å². The van der Waals surface area contributed by atoms with Crippen LogP contribution in [0.1, 0.15) is 13.8 Å². The summed E-state index contributed by atoms with van der Waals surface area (Å²) in [4.78, 5) is 10.8. The van der Waals surface area contributed by atoms with E-state index in [1.807, 2.05) is 13.8 Å². The van der Waals surface area contributed by atoms with Gasteiger partial charge in [0.15, 0.2) is 11.5 Å². The van der Waals surface area contributed by atoms with Gasteiger partial charge in [0.2, 0.25) is 0 Å². The van der Waals surface area contributed by atoms with Gasteiger partial charge in [0.25, 0.3) is 5.69 Å². The van der Waals surface area contributed by atoms with Crippen molar-refractivity contribution in [3.8, 4) is 11.5 Å². The van der Waals surface area contributed by atoms with Crippen molar-refractivity contribution in [3.05, 3.63) is 22.2 Å². The molecule has 0 aliphatic heterocycles. The highest BCUT2D eigenvalue weighted by atomic mass is 16.6. The van der Waals surface area contributed by atoms with E-state index in [4.69, 9.17) is 14.2 Å². The summed E-state index contributed by atoms with van der Waals surface area (Å²) in [5.74, 6) is 1.01. The van der Waals surface area contributed by atoms with Crippen molar-refractivity contribution in [2.75, 3.05) is 33.3 Å². The highest BCUT2D eigenvalue weighted by molar-refractivity contribution is 5.68. The second-order valence-corrected chi connectivity index (χ2v) is 4.93. The lowest BCUT2D eigenvalue weighted by Gasteiger charge is -2.23. The molecule has 0 amide bonds. The molecule has 0 aliphatic carbocycles. The number of rotatable bonds is 8. The minimum Gasteiger partial charge on any atom is -0.493 e. The standard InChI is InChI=1S/C14H22N2O5/c1-9(2)11(8-19-3)15-10-6-13(20-4)14(21-5)7-12(10)16(17)18/h6-7,9,11,15H,8H2,1-5H3. The number of methoxy groups -OCH3 is 3. The summed E-state index contributed by atoms with van der Waals surface area (Å²) in [5, 5.41) is 14.4. The van der Waals surface area contributed by atoms with Crippen LogP contribution in [0.25, 0.3) is 0 Å². The third-order valence-corrected chi connectivity index (χ3v) is 3.19. The van der Waals surface area contributed by atoms with Gasteiger partial charge in [-0.25, -0.2) is 0 Å². The van der Waals surface area contributed by atoms with E-state index in [2.05, 4.69) is 5.32 Å². The molecular formula is C14H22N2O5. The van der Waals surface area contributed by atoms with Crippen LogP contribution in [0.2, 0.25) is 0 Å². The van der Waals surface area contributed by atoms with E-state index in [-0.39, 0.29) is 17.6 Å². The van der Waals surface area contributed by atoms with Crippen LogP contribution >= 0.6 is 0 Å². The molecule has 0 bridgehead atoms.